The maximum atomic E-state index is 11.8. The van der Waals surface area contributed by atoms with Crippen LogP contribution in [0.15, 0.2) is 16.9 Å². The Bertz CT molecular complexity index is 608. The predicted octanol–water partition coefficient (Wildman–Crippen LogP) is -0.783. The summed E-state index contributed by atoms with van der Waals surface area (Å²) in [6.07, 6.45) is -0.350. The Morgan fingerprint density at radius 1 is 1.38 bits per heavy atom. The Morgan fingerprint density at radius 2 is 2.05 bits per heavy atom. The van der Waals surface area contributed by atoms with E-state index in [0.29, 0.717) is 0 Å². The molecule has 114 valence electrons. The predicted molar refractivity (Wildman–Crippen MR) is 68.9 cm³/mol. The lowest BCUT2D eigenvalue weighted by atomic mass is 10.1. The summed E-state index contributed by atoms with van der Waals surface area (Å²) >= 11 is 0. The molecule has 0 aliphatic rings. The molecule has 0 bridgehead atoms. The molecule has 0 aromatic carbocycles. The van der Waals surface area contributed by atoms with E-state index in [1.807, 2.05) is 4.98 Å². The molecule has 1 aromatic rings. The molecule has 21 heavy (non-hydrogen) atoms. The molecule has 1 aromatic heterocycles. The highest BCUT2D eigenvalue weighted by molar-refractivity contribution is 5.96. The van der Waals surface area contributed by atoms with Crippen LogP contribution in [-0.2, 0) is 14.3 Å². The van der Waals surface area contributed by atoms with Crippen LogP contribution in [0.25, 0.3) is 0 Å². The fraction of sp³-hybridized carbons (Fsp3) is 0.333. The molecule has 1 rings (SSSR count). The van der Waals surface area contributed by atoms with Gasteiger partial charge in [-0.25, -0.2) is 4.79 Å². The Hall–Kier alpha value is -2.84. The Labute approximate surface area is 118 Å². The number of esters is 1. The number of H-pyrrole nitrogens is 1. The first-order valence-corrected chi connectivity index (χ1v) is 5.87. The van der Waals surface area contributed by atoms with Crippen LogP contribution in [0.5, 0.6) is 5.88 Å². The van der Waals surface area contributed by atoms with E-state index in [1.165, 1.54) is 0 Å². The lowest BCUT2D eigenvalue weighted by Crippen LogP contribution is -2.41. The minimum absolute atomic E-state index is 0.164. The number of hydrogen-bond donors (Lipinski definition) is 4. The van der Waals surface area contributed by atoms with Crippen molar-refractivity contribution in [1.82, 2.24) is 10.3 Å². The number of carboxylic acid groups (broad SMARTS) is 1. The number of hydrogen-bond acceptors (Lipinski definition) is 6. The van der Waals surface area contributed by atoms with E-state index in [9.17, 15) is 24.3 Å². The molecule has 0 unspecified atom stereocenters. The Morgan fingerprint density at radius 3 is 2.57 bits per heavy atom. The highest BCUT2D eigenvalue weighted by atomic mass is 16.5. The van der Waals surface area contributed by atoms with Crippen molar-refractivity contribution in [3.8, 4) is 5.88 Å². The van der Waals surface area contributed by atoms with Gasteiger partial charge < -0.3 is 20.3 Å². The summed E-state index contributed by atoms with van der Waals surface area (Å²) in [5, 5.41) is 20.3. The van der Waals surface area contributed by atoms with E-state index < -0.39 is 35.3 Å². The average Bonchev–Trinajstić information content (AvgIpc) is 2.41. The van der Waals surface area contributed by atoms with Gasteiger partial charge >= 0.3 is 11.9 Å². The number of carbonyl (C=O) groups is 3. The highest BCUT2D eigenvalue weighted by Crippen LogP contribution is 2.06. The number of aromatic hydroxyl groups is 1. The summed E-state index contributed by atoms with van der Waals surface area (Å²) in [4.78, 5) is 47.0. The van der Waals surface area contributed by atoms with Crippen molar-refractivity contribution < 1.29 is 29.3 Å². The fourth-order valence-electron chi connectivity index (χ4n) is 1.52. The van der Waals surface area contributed by atoms with E-state index >= 15 is 0 Å². The number of aromatic amines is 1. The normalized spacial score (nSPS) is 11.5. The summed E-state index contributed by atoms with van der Waals surface area (Å²) in [6.45, 7) is 0. The number of carboxylic acids is 1. The van der Waals surface area contributed by atoms with E-state index in [2.05, 4.69) is 10.1 Å². The largest absolute Gasteiger partial charge is 0.494 e. The minimum Gasteiger partial charge on any atom is -0.494 e. The van der Waals surface area contributed by atoms with E-state index in [0.717, 1.165) is 19.2 Å². The monoisotopic (exact) mass is 298 g/mol. The van der Waals surface area contributed by atoms with Gasteiger partial charge in [-0.1, -0.05) is 0 Å². The van der Waals surface area contributed by atoms with E-state index in [4.69, 9.17) is 5.11 Å². The second-order valence-electron chi connectivity index (χ2n) is 4.10. The SMILES string of the molecule is COC(=O)CC[C@H](NC(=O)c1cc(O)[nH]c(=O)c1)C(=O)O. The smallest absolute Gasteiger partial charge is 0.326 e. The van der Waals surface area contributed by atoms with Gasteiger partial charge in [0, 0.05) is 18.6 Å². The van der Waals surface area contributed by atoms with E-state index in [-0.39, 0.29) is 18.4 Å². The number of amides is 1. The number of ether oxygens (including phenoxy) is 1. The first kappa shape index (κ1) is 16.2. The van der Waals surface area contributed by atoms with Gasteiger partial charge in [-0.15, -0.1) is 0 Å². The Kier molecular flexibility index (Phi) is 5.47. The number of carbonyl (C=O) groups excluding carboxylic acids is 2. The second kappa shape index (κ2) is 7.08. The molecule has 0 fully saturated rings. The van der Waals surface area contributed by atoms with Gasteiger partial charge in [-0.05, 0) is 6.42 Å². The summed E-state index contributed by atoms with van der Waals surface area (Å²) in [6, 6.07) is 0.572. The molecule has 0 spiro atoms. The first-order chi connectivity index (χ1) is 9.83. The van der Waals surface area contributed by atoms with Crippen LogP contribution in [0.1, 0.15) is 23.2 Å². The number of methoxy groups -OCH3 is 1. The number of aliphatic carboxylic acids is 1. The van der Waals surface area contributed by atoms with Crippen molar-refractivity contribution in [2.24, 2.45) is 0 Å². The molecule has 0 saturated carbocycles. The maximum Gasteiger partial charge on any atom is 0.326 e. The van der Waals surface area contributed by atoms with Crippen molar-refractivity contribution in [3.05, 3.63) is 28.0 Å². The lowest BCUT2D eigenvalue weighted by molar-refractivity contribution is -0.142. The number of pyridine rings is 1. The molecule has 9 nitrogen and oxygen atoms in total. The topological polar surface area (TPSA) is 146 Å². The molecule has 1 amide bonds. The molecular weight excluding hydrogens is 284 g/mol. The van der Waals surface area contributed by atoms with Gasteiger partial charge in [0.05, 0.1) is 12.7 Å². The zero-order valence-corrected chi connectivity index (χ0v) is 11.1. The van der Waals surface area contributed by atoms with Gasteiger partial charge in [0.1, 0.15) is 6.04 Å². The van der Waals surface area contributed by atoms with Crippen molar-refractivity contribution in [3.63, 3.8) is 0 Å². The van der Waals surface area contributed by atoms with Crippen LogP contribution in [-0.4, -0.2) is 46.2 Å². The third-order valence-corrected chi connectivity index (χ3v) is 2.56. The molecule has 0 saturated heterocycles. The molecule has 0 aliphatic heterocycles. The summed E-state index contributed by atoms with van der Waals surface area (Å²) < 4.78 is 4.38. The zero-order chi connectivity index (χ0) is 16.0. The molecule has 4 N–H and O–H groups in total. The molecule has 1 heterocycles. The van der Waals surface area contributed by atoms with Crippen molar-refractivity contribution in [2.75, 3.05) is 7.11 Å². The summed E-state index contributed by atoms with van der Waals surface area (Å²) in [7, 11) is 1.16. The lowest BCUT2D eigenvalue weighted by Gasteiger charge is -2.13. The van der Waals surface area contributed by atoms with Gasteiger partial charge in [-0.3, -0.25) is 19.4 Å². The molecule has 0 aliphatic carbocycles. The standard InChI is InChI=1S/C12H14N2O7/c1-21-10(17)3-2-7(12(19)20)13-11(18)6-4-8(15)14-9(16)5-6/h4-5,7H,2-3H2,1H3,(H,13,18)(H,19,20)(H2,14,15,16)/t7-/m0/s1. The third kappa shape index (κ3) is 4.97. The highest BCUT2D eigenvalue weighted by Gasteiger charge is 2.22. The van der Waals surface area contributed by atoms with Crippen LogP contribution in [0.2, 0.25) is 0 Å². The van der Waals surface area contributed by atoms with Crippen LogP contribution in [0.4, 0.5) is 0 Å². The van der Waals surface area contributed by atoms with Crippen molar-refractivity contribution in [1.29, 1.82) is 0 Å². The first-order valence-electron chi connectivity index (χ1n) is 5.87. The molecule has 1 atom stereocenters. The number of rotatable bonds is 6. The van der Waals surface area contributed by atoms with Gasteiger partial charge in [0.2, 0.25) is 0 Å². The quantitative estimate of drug-likeness (QED) is 0.504. The van der Waals surface area contributed by atoms with E-state index in [1.54, 1.807) is 0 Å². The molecular formula is C12H14N2O7. The van der Waals surface area contributed by atoms with Gasteiger partial charge in [0.15, 0.2) is 5.88 Å². The van der Waals surface area contributed by atoms with Crippen LogP contribution < -0.4 is 10.9 Å². The zero-order valence-electron chi connectivity index (χ0n) is 11.1. The number of aromatic nitrogens is 1. The van der Waals surface area contributed by atoms with Crippen LogP contribution in [0.3, 0.4) is 0 Å². The number of nitrogens with one attached hydrogen (secondary N) is 2. The average molecular weight is 298 g/mol. The van der Waals surface area contributed by atoms with Crippen LogP contribution in [0, 0.1) is 0 Å². The van der Waals surface area contributed by atoms with Crippen molar-refractivity contribution >= 4 is 17.8 Å². The third-order valence-electron chi connectivity index (χ3n) is 2.56. The van der Waals surface area contributed by atoms with Gasteiger partial charge in [-0.2, -0.15) is 0 Å². The molecule has 9 heteroatoms. The van der Waals surface area contributed by atoms with Crippen LogP contribution >= 0.6 is 0 Å². The Balaban J connectivity index is 2.78. The molecule has 0 radical (unpaired) electrons. The van der Waals surface area contributed by atoms with Gasteiger partial charge in [0.25, 0.3) is 11.5 Å². The van der Waals surface area contributed by atoms with Crippen molar-refractivity contribution in [2.45, 2.75) is 18.9 Å². The summed E-state index contributed by atoms with van der Waals surface area (Å²) in [5.74, 6) is -3.31. The summed E-state index contributed by atoms with van der Waals surface area (Å²) in [5.41, 5.74) is -0.901. The minimum atomic E-state index is -1.33. The fourth-order valence-corrected chi connectivity index (χ4v) is 1.52. The second-order valence-corrected chi connectivity index (χ2v) is 4.10. The maximum absolute atomic E-state index is 11.8.